The molecule has 2 aromatic carbocycles. The molecule has 0 bridgehead atoms. The van der Waals surface area contributed by atoms with Crippen LogP contribution in [0, 0.1) is 19.3 Å². The van der Waals surface area contributed by atoms with Crippen LogP contribution < -0.4 is 0 Å². The Labute approximate surface area is 148 Å². The first-order valence-electron chi connectivity index (χ1n) is 9.07. The van der Waals surface area contributed by atoms with E-state index in [0.717, 1.165) is 19.3 Å². The van der Waals surface area contributed by atoms with Crippen molar-refractivity contribution in [3.63, 3.8) is 0 Å². The summed E-state index contributed by atoms with van der Waals surface area (Å²) in [6.07, 6.45) is 5.18. The minimum atomic E-state index is 0.310. The van der Waals surface area contributed by atoms with Gasteiger partial charge >= 0.3 is 0 Å². The molecule has 0 fully saturated rings. The van der Waals surface area contributed by atoms with Crippen molar-refractivity contribution in [1.29, 1.82) is 0 Å². The van der Waals surface area contributed by atoms with Crippen LogP contribution in [0.25, 0.3) is 6.08 Å². The van der Waals surface area contributed by atoms with Gasteiger partial charge in [-0.2, -0.15) is 0 Å². The van der Waals surface area contributed by atoms with Crippen LogP contribution in [0.4, 0.5) is 0 Å². The fourth-order valence-electron chi connectivity index (χ4n) is 3.55. The number of rotatable bonds is 5. The number of aryl methyl sites for hydroxylation is 2. The Balaban J connectivity index is 2.46. The van der Waals surface area contributed by atoms with Gasteiger partial charge in [0.15, 0.2) is 0 Å². The summed E-state index contributed by atoms with van der Waals surface area (Å²) < 4.78 is 0. The van der Waals surface area contributed by atoms with Crippen LogP contribution in [-0.2, 0) is 19.3 Å². The molecule has 0 radical (unpaired) electrons. The second-order valence-electron chi connectivity index (χ2n) is 8.17. The fraction of sp³-hybridized carbons (Fsp3) is 0.417. The van der Waals surface area contributed by atoms with Gasteiger partial charge in [-0.3, -0.25) is 0 Å². The molecule has 24 heavy (non-hydrogen) atoms. The smallest absolute Gasteiger partial charge is 0.00169 e. The van der Waals surface area contributed by atoms with Gasteiger partial charge in [-0.05, 0) is 71.9 Å². The van der Waals surface area contributed by atoms with Gasteiger partial charge < -0.3 is 0 Å². The molecule has 0 aliphatic carbocycles. The lowest BCUT2D eigenvalue weighted by Gasteiger charge is -2.22. The molecule has 128 valence electrons. The van der Waals surface area contributed by atoms with Crippen molar-refractivity contribution in [2.24, 2.45) is 5.41 Å². The van der Waals surface area contributed by atoms with Crippen LogP contribution in [0.1, 0.15) is 66.6 Å². The van der Waals surface area contributed by atoms with Gasteiger partial charge in [0.1, 0.15) is 0 Å². The molecule has 0 nitrogen and oxygen atoms in total. The summed E-state index contributed by atoms with van der Waals surface area (Å²) in [7, 11) is 0. The topological polar surface area (TPSA) is 0 Å². The highest BCUT2D eigenvalue weighted by Gasteiger charge is 2.16. The highest BCUT2D eigenvalue weighted by Crippen LogP contribution is 2.28. The van der Waals surface area contributed by atoms with E-state index in [1.165, 1.54) is 38.9 Å². The van der Waals surface area contributed by atoms with E-state index >= 15 is 0 Å². The Hall–Kier alpha value is -1.82. The molecule has 0 heterocycles. The van der Waals surface area contributed by atoms with Crippen LogP contribution in [0.2, 0.25) is 0 Å². The van der Waals surface area contributed by atoms with Crippen molar-refractivity contribution in [1.82, 2.24) is 0 Å². The summed E-state index contributed by atoms with van der Waals surface area (Å²) in [4.78, 5) is 0. The van der Waals surface area contributed by atoms with Gasteiger partial charge in [0.2, 0.25) is 0 Å². The normalized spacial score (nSPS) is 11.6. The maximum absolute atomic E-state index is 4.05. The Morgan fingerprint density at radius 3 is 2.17 bits per heavy atom. The molecule has 0 atom stereocenters. The van der Waals surface area contributed by atoms with E-state index in [0.29, 0.717) is 5.41 Å². The molecular formula is C24H32. The molecular weight excluding hydrogens is 288 g/mol. The minimum Gasteiger partial charge on any atom is -0.0984 e. The zero-order valence-electron chi connectivity index (χ0n) is 16.3. The average Bonchev–Trinajstić information content (AvgIpc) is 2.50. The molecule has 0 heteroatoms. The van der Waals surface area contributed by atoms with E-state index in [2.05, 4.69) is 78.5 Å². The Kier molecular flexibility index (Phi) is 5.70. The van der Waals surface area contributed by atoms with E-state index in [1.807, 2.05) is 6.08 Å². The van der Waals surface area contributed by atoms with Gasteiger partial charge in [-0.25, -0.2) is 0 Å². The lowest BCUT2D eigenvalue weighted by atomic mass is 9.83. The summed E-state index contributed by atoms with van der Waals surface area (Å²) in [6, 6.07) is 11.4. The standard InChI is InChI=1S/C24H32/c1-8-19-11-10-12-20(23(19)9-2)15-21-13-17(3)14-22(18(21)4)16-24(5,6)7/h9-14H,2,8,15-16H2,1,3-7H3. The number of benzene rings is 2. The third-order valence-corrected chi connectivity index (χ3v) is 4.74. The van der Waals surface area contributed by atoms with Gasteiger partial charge in [0.05, 0.1) is 0 Å². The van der Waals surface area contributed by atoms with E-state index in [1.54, 1.807) is 0 Å². The van der Waals surface area contributed by atoms with Gasteiger partial charge in [-0.15, -0.1) is 0 Å². The van der Waals surface area contributed by atoms with Crippen LogP contribution >= 0.6 is 0 Å². The second-order valence-corrected chi connectivity index (χ2v) is 8.17. The predicted octanol–water partition coefficient (Wildman–Crippen LogP) is 6.69. The van der Waals surface area contributed by atoms with E-state index < -0.39 is 0 Å². The highest BCUT2D eigenvalue weighted by molar-refractivity contribution is 5.58. The van der Waals surface area contributed by atoms with E-state index in [-0.39, 0.29) is 0 Å². The zero-order chi connectivity index (χ0) is 17.9. The molecule has 0 N–H and O–H groups in total. The van der Waals surface area contributed by atoms with Crippen molar-refractivity contribution in [3.05, 3.63) is 75.9 Å². The lowest BCUT2D eigenvalue weighted by molar-refractivity contribution is 0.410. The van der Waals surface area contributed by atoms with Crippen molar-refractivity contribution in [2.45, 2.75) is 60.8 Å². The first kappa shape index (κ1) is 18.5. The fourth-order valence-corrected chi connectivity index (χ4v) is 3.55. The Morgan fingerprint density at radius 2 is 1.58 bits per heavy atom. The van der Waals surface area contributed by atoms with Gasteiger partial charge in [0.25, 0.3) is 0 Å². The predicted molar refractivity (Wildman–Crippen MR) is 108 cm³/mol. The molecule has 0 unspecified atom stereocenters. The van der Waals surface area contributed by atoms with Gasteiger partial charge in [-0.1, -0.05) is 76.2 Å². The van der Waals surface area contributed by atoms with E-state index in [9.17, 15) is 0 Å². The molecule has 2 rings (SSSR count). The third kappa shape index (κ3) is 4.38. The maximum atomic E-state index is 4.05. The molecule has 0 amide bonds. The SMILES string of the molecule is C=Cc1c(CC)cccc1Cc1cc(C)cc(CC(C)(C)C)c1C. The Morgan fingerprint density at radius 1 is 0.958 bits per heavy atom. The summed E-state index contributed by atoms with van der Waals surface area (Å²) in [6.45, 7) is 17.7. The quantitative estimate of drug-likeness (QED) is 0.576. The molecule has 0 aliphatic rings. The Bertz CT molecular complexity index is 726. The first-order valence-corrected chi connectivity index (χ1v) is 9.07. The summed E-state index contributed by atoms with van der Waals surface area (Å²) in [5.41, 5.74) is 10.2. The van der Waals surface area contributed by atoms with Crippen LogP contribution in [-0.4, -0.2) is 0 Å². The zero-order valence-corrected chi connectivity index (χ0v) is 16.3. The summed E-state index contributed by atoms with van der Waals surface area (Å²) >= 11 is 0. The average molecular weight is 321 g/mol. The van der Waals surface area contributed by atoms with Crippen LogP contribution in [0.3, 0.4) is 0 Å². The second kappa shape index (κ2) is 7.38. The van der Waals surface area contributed by atoms with Crippen LogP contribution in [0.15, 0.2) is 36.9 Å². The maximum Gasteiger partial charge on any atom is -0.00169 e. The van der Waals surface area contributed by atoms with Crippen LogP contribution in [0.5, 0.6) is 0 Å². The molecule has 0 saturated carbocycles. The lowest BCUT2D eigenvalue weighted by Crippen LogP contribution is -2.11. The third-order valence-electron chi connectivity index (χ3n) is 4.74. The van der Waals surface area contributed by atoms with Crippen molar-refractivity contribution < 1.29 is 0 Å². The van der Waals surface area contributed by atoms with E-state index in [4.69, 9.17) is 0 Å². The first-order chi connectivity index (χ1) is 11.2. The summed E-state index contributed by atoms with van der Waals surface area (Å²) in [5.74, 6) is 0. The van der Waals surface area contributed by atoms with Gasteiger partial charge in [0, 0.05) is 0 Å². The highest BCUT2D eigenvalue weighted by atomic mass is 14.2. The minimum absolute atomic E-state index is 0.310. The number of hydrogen-bond acceptors (Lipinski definition) is 0. The molecule has 0 aliphatic heterocycles. The molecule has 0 saturated heterocycles. The molecule has 0 aromatic heterocycles. The molecule has 0 spiro atoms. The van der Waals surface area contributed by atoms with Crippen molar-refractivity contribution >= 4 is 6.08 Å². The van der Waals surface area contributed by atoms with Crippen molar-refractivity contribution in [2.75, 3.05) is 0 Å². The largest absolute Gasteiger partial charge is 0.0984 e. The number of hydrogen-bond donors (Lipinski definition) is 0. The van der Waals surface area contributed by atoms with Crippen molar-refractivity contribution in [3.8, 4) is 0 Å². The monoisotopic (exact) mass is 320 g/mol. The summed E-state index contributed by atoms with van der Waals surface area (Å²) in [5, 5.41) is 0. The molecule has 2 aromatic rings.